The fraction of sp³-hybridized carbons (Fsp3) is 0.500. The predicted molar refractivity (Wildman–Crippen MR) is 80.0 cm³/mol. The van der Waals surface area contributed by atoms with Crippen LogP contribution in [-0.2, 0) is 10.0 Å². The van der Waals surface area contributed by atoms with Gasteiger partial charge in [0.25, 0.3) is 5.69 Å². The summed E-state index contributed by atoms with van der Waals surface area (Å²) in [6.45, 7) is 0.434. The van der Waals surface area contributed by atoms with Gasteiger partial charge in [0, 0.05) is 12.1 Å². The van der Waals surface area contributed by atoms with Crippen LogP contribution in [-0.4, -0.2) is 25.7 Å². The normalized spacial score (nSPS) is 11.3. The number of nitro groups is 1. The van der Waals surface area contributed by atoms with Crippen LogP contribution in [0.25, 0.3) is 0 Å². The highest BCUT2D eigenvalue weighted by atomic mass is 35.5. The summed E-state index contributed by atoms with van der Waals surface area (Å²) in [5.41, 5.74) is -0.160. The lowest BCUT2D eigenvalue weighted by atomic mass is 10.2. The molecule has 0 fully saturated rings. The predicted octanol–water partition coefficient (Wildman–Crippen LogP) is 2.48. The largest absolute Gasteiger partial charge is 0.494 e. The molecule has 0 unspecified atom stereocenters. The molecule has 7 nitrogen and oxygen atoms in total. The van der Waals surface area contributed by atoms with Crippen LogP contribution in [0.4, 0.5) is 5.69 Å². The van der Waals surface area contributed by atoms with E-state index >= 15 is 0 Å². The second kappa shape index (κ2) is 8.16. The molecule has 1 aromatic rings. The molecule has 2 N–H and O–H groups in total. The highest BCUT2D eigenvalue weighted by Crippen LogP contribution is 2.28. The van der Waals surface area contributed by atoms with Crippen molar-refractivity contribution in [3.63, 3.8) is 0 Å². The topological polar surface area (TPSA) is 113 Å². The molecule has 0 amide bonds. The van der Waals surface area contributed by atoms with Gasteiger partial charge in [0.05, 0.1) is 17.3 Å². The second-order valence-electron chi connectivity index (χ2n) is 4.50. The van der Waals surface area contributed by atoms with Crippen LogP contribution < -0.4 is 9.88 Å². The van der Waals surface area contributed by atoms with Gasteiger partial charge < -0.3 is 4.74 Å². The van der Waals surface area contributed by atoms with Crippen molar-refractivity contribution in [1.29, 1.82) is 0 Å². The zero-order valence-corrected chi connectivity index (χ0v) is 12.9. The number of benzene rings is 1. The smallest absolute Gasteiger partial charge is 0.288 e. The third-order valence-electron chi connectivity index (χ3n) is 2.71. The first-order chi connectivity index (χ1) is 9.79. The minimum Gasteiger partial charge on any atom is -0.494 e. The van der Waals surface area contributed by atoms with Crippen LogP contribution in [0.2, 0.25) is 5.02 Å². The molecule has 0 atom stereocenters. The monoisotopic (exact) mass is 336 g/mol. The van der Waals surface area contributed by atoms with E-state index in [4.69, 9.17) is 21.5 Å². The zero-order valence-electron chi connectivity index (χ0n) is 11.3. The molecule has 0 aliphatic rings. The Hall–Kier alpha value is -1.38. The standard InChI is InChI=1S/C12H17ClN2O5S/c13-11-9-10(5-6-12(11)15(16)17)20-7-3-1-2-4-8-21(14,18)19/h5-6,9H,1-4,7-8H2,(H2,14,18,19). The molecule has 1 aromatic carbocycles. The molecule has 9 heteroatoms. The van der Waals surface area contributed by atoms with Crippen LogP contribution in [0.1, 0.15) is 25.7 Å². The van der Waals surface area contributed by atoms with E-state index in [0.29, 0.717) is 18.8 Å². The number of unbranched alkanes of at least 4 members (excludes halogenated alkanes) is 3. The highest BCUT2D eigenvalue weighted by Gasteiger charge is 2.12. The van der Waals surface area contributed by atoms with Crippen molar-refractivity contribution >= 4 is 27.3 Å². The Morgan fingerprint density at radius 3 is 2.48 bits per heavy atom. The fourth-order valence-electron chi connectivity index (χ4n) is 1.67. The summed E-state index contributed by atoms with van der Waals surface area (Å²) in [7, 11) is -3.38. The molecule has 0 aliphatic carbocycles. The summed E-state index contributed by atoms with van der Waals surface area (Å²) in [6.07, 6.45) is 2.85. The number of sulfonamides is 1. The second-order valence-corrected chi connectivity index (χ2v) is 6.64. The Morgan fingerprint density at radius 2 is 1.90 bits per heavy atom. The van der Waals surface area contributed by atoms with Gasteiger partial charge in [-0.05, 0) is 18.9 Å². The lowest BCUT2D eigenvalue weighted by Crippen LogP contribution is -2.16. The van der Waals surface area contributed by atoms with Crippen molar-refractivity contribution in [3.8, 4) is 5.75 Å². The van der Waals surface area contributed by atoms with Crippen molar-refractivity contribution in [2.75, 3.05) is 12.4 Å². The third kappa shape index (κ3) is 7.26. The summed E-state index contributed by atoms with van der Waals surface area (Å²) in [4.78, 5) is 10.0. The first-order valence-corrected chi connectivity index (χ1v) is 8.46. The Morgan fingerprint density at radius 1 is 1.24 bits per heavy atom. The van der Waals surface area contributed by atoms with E-state index in [2.05, 4.69) is 0 Å². The summed E-state index contributed by atoms with van der Waals surface area (Å²) >= 11 is 5.76. The van der Waals surface area contributed by atoms with Gasteiger partial charge in [0.1, 0.15) is 10.8 Å². The van der Waals surface area contributed by atoms with E-state index in [0.717, 1.165) is 19.3 Å². The maximum absolute atomic E-state index is 10.7. The summed E-state index contributed by atoms with van der Waals surface area (Å²) in [5, 5.41) is 15.5. The zero-order chi connectivity index (χ0) is 15.9. The molecule has 0 aromatic heterocycles. The molecule has 0 saturated carbocycles. The van der Waals surface area contributed by atoms with Gasteiger partial charge in [-0.15, -0.1) is 0 Å². The number of ether oxygens (including phenoxy) is 1. The number of hydrogen-bond acceptors (Lipinski definition) is 5. The lowest BCUT2D eigenvalue weighted by molar-refractivity contribution is -0.384. The van der Waals surface area contributed by atoms with Crippen molar-refractivity contribution in [3.05, 3.63) is 33.3 Å². The number of hydrogen-bond donors (Lipinski definition) is 1. The minimum atomic E-state index is -3.38. The van der Waals surface area contributed by atoms with Crippen LogP contribution in [0.15, 0.2) is 18.2 Å². The minimum absolute atomic E-state index is 0.00812. The first kappa shape index (κ1) is 17.7. The number of halogens is 1. The molecule has 0 radical (unpaired) electrons. The van der Waals surface area contributed by atoms with Gasteiger partial charge in [-0.25, -0.2) is 13.6 Å². The average molecular weight is 337 g/mol. The summed E-state index contributed by atoms with van der Waals surface area (Å²) in [5.74, 6) is 0.460. The van der Waals surface area contributed by atoms with E-state index in [9.17, 15) is 18.5 Å². The van der Waals surface area contributed by atoms with Crippen LogP contribution in [0.5, 0.6) is 5.75 Å². The third-order valence-corrected chi connectivity index (χ3v) is 3.87. The molecule has 1 rings (SSSR count). The Kier molecular flexibility index (Phi) is 6.86. The molecule has 118 valence electrons. The van der Waals surface area contributed by atoms with Gasteiger partial charge in [0.15, 0.2) is 0 Å². The molecule has 0 heterocycles. The van der Waals surface area contributed by atoms with Crippen LogP contribution in [0.3, 0.4) is 0 Å². The fourth-order valence-corrected chi connectivity index (χ4v) is 2.52. The molecule has 0 saturated heterocycles. The maximum Gasteiger partial charge on any atom is 0.288 e. The number of nitrogens with zero attached hydrogens (tertiary/aromatic N) is 1. The SMILES string of the molecule is NS(=O)(=O)CCCCCCOc1ccc([N+](=O)[O-])c(Cl)c1. The highest BCUT2D eigenvalue weighted by molar-refractivity contribution is 7.89. The van der Waals surface area contributed by atoms with Gasteiger partial charge in [0.2, 0.25) is 10.0 Å². The van der Waals surface area contributed by atoms with E-state index in [-0.39, 0.29) is 16.5 Å². The first-order valence-electron chi connectivity index (χ1n) is 6.37. The molecule has 0 aliphatic heterocycles. The Bertz CT molecular complexity index is 591. The van der Waals surface area contributed by atoms with Crippen molar-refractivity contribution < 1.29 is 18.1 Å². The van der Waals surface area contributed by atoms with Gasteiger partial charge >= 0.3 is 0 Å². The molecule has 21 heavy (non-hydrogen) atoms. The number of primary sulfonamides is 1. The lowest BCUT2D eigenvalue weighted by Gasteiger charge is -2.06. The number of nitrogens with two attached hydrogens (primary N) is 1. The van der Waals surface area contributed by atoms with Gasteiger partial charge in [-0.3, -0.25) is 10.1 Å². The quantitative estimate of drug-likeness (QED) is 0.423. The Labute approximate surface area is 128 Å². The van der Waals surface area contributed by atoms with Crippen LogP contribution in [0, 0.1) is 10.1 Å². The van der Waals surface area contributed by atoms with E-state index in [1.54, 1.807) is 0 Å². The molecular weight excluding hydrogens is 320 g/mol. The molecule has 0 bridgehead atoms. The van der Waals surface area contributed by atoms with E-state index in [1.165, 1.54) is 18.2 Å². The Balaban J connectivity index is 2.24. The van der Waals surface area contributed by atoms with Crippen molar-refractivity contribution in [2.24, 2.45) is 5.14 Å². The summed E-state index contributed by atoms with van der Waals surface area (Å²) in [6, 6.07) is 4.19. The van der Waals surface area contributed by atoms with E-state index < -0.39 is 14.9 Å². The molecular formula is C12H17ClN2O5S. The molecule has 0 spiro atoms. The maximum atomic E-state index is 10.7. The van der Waals surface area contributed by atoms with Gasteiger partial charge in [-0.1, -0.05) is 24.4 Å². The number of rotatable bonds is 9. The average Bonchev–Trinajstić information content (AvgIpc) is 2.36. The van der Waals surface area contributed by atoms with Crippen LogP contribution >= 0.6 is 11.6 Å². The van der Waals surface area contributed by atoms with Gasteiger partial charge in [-0.2, -0.15) is 0 Å². The summed E-state index contributed by atoms with van der Waals surface area (Å²) < 4.78 is 26.8. The van der Waals surface area contributed by atoms with Crippen molar-refractivity contribution in [1.82, 2.24) is 0 Å². The van der Waals surface area contributed by atoms with E-state index in [1.807, 2.05) is 0 Å². The number of nitro benzene ring substituents is 1. The van der Waals surface area contributed by atoms with Crippen molar-refractivity contribution in [2.45, 2.75) is 25.7 Å².